The SMILES string of the molecule is COc1ccc2c(c1)CC/C(=C/c1ccc(C)c([N+](=O)[O-])c1)C2=O. The maximum Gasteiger partial charge on any atom is 0.272 e. The van der Waals surface area contributed by atoms with Gasteiger partial charge in [0.25, 0.3) is 5.69 Å². The minimum absolute atomic E-state index is 0.0258. The summed E-state index contributed by atoms with van der Waals surface area (Å²) >= 11 is 0. The van der Waals surface area contributed by atoms with Gasteiger partial charge in [0.1, 0.15) is 5.75 Å². The van der Waals surface area contributed by atoms with Crippen LogP contribution < -0.4 is 4.74 Å². The summed E-state index contributed by atoms with van der Waals surface area (Å²) in [4.78, 5) is 23.3. The van der Waals surface area contributed by atoms with Crippen molar-refractivity contribution in [1.29, 1.82) is 0 Å². The highest BCUT2D eigenvalue weighted by Gasteiger charge is 2.22. The highest BCUT2D eigenvalue weighted by atomic mass is 16.6. The number of fused-ring (bicyclic) bond motifs is 1. The van der Waals surface area contributed by atoms with Gasteiger partial charge in [0.05, 0.1) is 12.0 Å². The van der Waals surface area contributed by atoms with Gasteiger partial charge in [-0.15, -0.1) is 0 Å². The van der Waals surface area contributed by atoms with Crippen molar-refractivity contribution in [3.05, 3.63) is 74.3 Å². The number of nitro groups is 1. The number of aryl methyl sites for hydroxylation is 2. The van der Waals surface area contributed by atoms with Crippen LogP contribution in [0.2, 0.25) is 0 Å². The van der Waals surface area contributed by atoms with E-state index < -0.39 is 4.92 Å². The molecule has 0 unspecified atom stereocenters. The number of Topliss-reactive ketones (excluding diaryl/α,β-unsaturated/α-hetero) is 1. The van der Waals surface area contributed by atoms with Gasteiger partial charge in [-0.3, -0.25) is 14.9 Å². The van der Waals surface area contributed by atoms with Crippen LogP contribution in [0.4, 0.5) is 5.69 Å². The Kier molecular flexibility index (Phi) is 4.16. The Morgan fingerprint density at radius 1 is 1.17 bits per heavy atom. The van der Waals surface area contributed by atoms with Crippen molar-refractivity contribution in [2.24, 2.45) is 0 Å². The van der Waals surface area contributed by atoms with E-state index in [0.29, 0.717) is 28.7 Å². The van der Waals surface area contributed by atoms with Crippen LogP contribution in [0.3, 0.4) is 0 Å². The second kappa shape index (κ2) is 6.28. The van der Waals surface area contributed by atoms with Gasteiger partial charge in [-0.2, -0.15) is 0 Å². The molecule has 24 heavy (non-hydrogen) atoms. The number of nitrogens with zero attached hydrogens (tertiary/aromatic N) is 1. The standard InChI is InChI=1S/C19H17NO4/c1-12-3-4-13(10-18(12)20(22)23)9-15-6-5-14-11-16(24-2)7-8-17(14)19(15)21/h3-4,7-11H,5-6H2,1-2H3/b15-9-. The number of hydrogen-bond acceptors (Lipinski definition) is 4. The van der Waals surface area contributed by atoms with Gasteiger partial charge in [-0.25, -0.2) is 0 Å². The van der Waals surface area contributed by atoms with Crippen LogP contribution in [0.25, 0.3) is 6.08 Å². The third-order valence-corrected chi connectivity index (χ3v) is 4.28. The Labute approximate surface area is 139 Å². The van der Waals surface area contributed by atoms with E-state index in [9.17, 15) is 14.9 Å². The Morgan fingerprint density at radius 3 is 2.67 bits per heavy atom. The van der Waals surface area contributed by atoms with Crippen LogP contribution in [0, 0.1) is 17.0 Å². The molecular formula is C19H17NO4. The highest BCUT2D eigenvalue weighted by molar-refractivity contribution is 6.13. The molecule has 122 valence electrons. The Morgan fingerprint density at radius 2 is 1.96 bits per heavy atom. The molecule has 3 rings (SSSR count). The summed E-state index contributed by atoms with van der Waals surface area (Å²) in [7, 11) is 1.60. The molecule has 0 N–H and O–H groups in total. The number of benzene rings is 2. The van der Waals surface area contributed by atoms with E-state index in [1.54, 1.807) is 44.4 Å². The lowest BCUT2D eigenvalue weighted by atomic mass is 9.86. The van der Waals surface area contributed by atoms with Crippen molar-refractivity contribution < 1.29 is 14.5 Å². The van der Waals surface area contributed by atoms with Crippen LogP contribution in [-0.2, 0) is 6.42 Å². The Bertz CT molecular complexity index is 868. The molecule has 0 aliphatic heterocycles. The summed E-state index contributed by atoms with van der Waals surface area (Å²) < 4.78 is 5.20. The van der Waals surface area contributed by atoms with Gasteiger partial charge in [0.2, 0.25) is 0 Å². The lowest BCUT2D eigenvalue weighted by Crippen LogP contribution is -2.14. The fourth-order valence-electron chi connectivity index (χ4n) is 2.93. The zero-order valence-corrected chi connectivity index (χ0v) is 13.5. The molecule has 0 bridgehead atoms. The van der Waals surface area contributed by atoms with Crippen molar-refractivity contribution in [2.75, 3.05) is 7.11 Å². The molecule has 0 fully saturated rings. The molecule has 0 amide bonds. The normalized spacial score (nSPS) is 15.2. The summed E-state index contributed by atoms with van der Waals surface area (Å²) in [6.07, 6.45) is 3.11. The van der Waals surface area contributed by atoms with Gasteiger partial charge in [0.15, 0.2) is 5.78 Å². The first-order valence-corrected chi connectivity index (χ1v) is 7.67. The second-order valence-corrected chi connectivity index (χ2v) is 5.82. The number of carbonyl (C=O) groups is 1. The molecule has 5 nitrogen and oxygen atoms in total. The molecular weight excluding hydrogens is 306 g/mol. The van der Waals surface area contributed by atoms with E-state index in [1.807, 2.05) is 6.07 Å². The molecule has 2 aromatic rings. The summed E-state index contributed by atoms with van der Waals surface area (Å²) in [6.45, 7) is 1.70. The first-order chi connectivity index (χ1) is 11.5. The predicted octanol–water partition coefficient (Wildman–Crippen LogP) is 4.12. The van der Waals surface area contributed by atoms with Crippen LogP contribution in [0.1, 0.15) is 33.5 Å². The summed E-state index contributed by atoms with van der Waals surface area (Å²) in [5.74, 6) is 0.713. The lowest BCUT2D eigenvalue weighted by Gasteiger charge is -2.18. The van der Waals surface area contributed by atoms with Crippen molar-refractivity contribution in [3.63, 3.8) is 0 Å². The van der Waals surface area contributed by atoms with Gasteiger partial charge in [-0.05, 0) is 55.2 Å². The Hall–Kier alpha value is -2.95. The van der Waals surface area contributed by atoms with E-state index >= 15 is 0 Å². The monoisotopic (exact) mass is 323 g/mol. The van der Waals surface area contributed by atoms with E-state index in [4.69, 9.17) is 4.74 Å². The predicted molar refractivity (Wildman–Crippen MR) is 91.5 cm³/mol. The van der Waals surface area contributed by atoms with Gasteiger partial charge >= 0.3 is 0 Å². The molecule has 0 heterocycles. The maximum absolute atomic E-state index is 12.7. The number of rotatable bonds is 3. The molecule has 0 spiro atoms. The number of nitro benzene ring substituents is 1. The fourth-order valence-corrected chi connectivity index (χ4v) is 2.93. The average Bonchev–Trinajstić information content (AvgIpc) is 2.58. The maximum atomic E-state index is 12.7. The van der Waals surface area contributed by atoms with Crippen LogP contribution in [-0.4, -0.2) is 17.8 Å². The third kappa shape index (κ3) is 2.93. The molecule has 0 saturated heterocycles. The molecule has 0 radical (unpaired) electrons. The highest BCUT2D eigenvalue weighted by Crippen LogP contribution is 2.30. The number of carbonyl (C=O) groups excluding carboxylic acids is 1. The minimum atomic E-state index is -0.401. The quantitative estimate of drug-likeness (QED) is 0.484. The van der Waals surface area contributed by atoms with E-state index in [0.717, 1.165) is 17.7 Å². The van der Waals surface area contributed by atoms with E-state index in [-0.39, 0.29) is 11.5 Å². The van der Waals surface area contributed by atoms with Crippen molar-refractivity contribution in [1.82, 2.24) is 0 Å². The van der Waals surface area contributed by atoms with Gasteiger partial charge < -0.3 is 4.74 Å². The van der Waals surface area contributed by atoms with Gasteiger partial charge in [-0.1, -0.05) is 12.1 Å². The largest absolute Gasteiger partial charge is 0.497 e. The van der Waals surface area contributed by atoms with Crippen molar-refractivity contribution >= 4 is 17.5 Å². The third-order valence-electron chi connectivity index (χ3n) is 4.28. The molecule has 1 aliphatic rings. The molecule has 1 aliphatic carbocycles. The minimum Gasteiger partial charge on any atom is -0.497 e. The average molecular weight is 323 g/mol. The first kappa shape index (κ1) is 15.9. The topological polar surface area (TPSA) is 69.4 Å². The van der Waals surface area contributed by atoms with Crippen molar-refractivity contribution in [3.8, 4) is 5.75 Å². The first-order valence-electron chi connectivity index (χ1n) is 7.67. The zero-order valence-electron chi connectivity index (χ0n) is 13.5. The van der Waals surface area contributed by atoms with Crippen LogP contribution in [0.5, 0.6) is 5.75 Å². The number of ether oxygens (including phenoxy) is 1. The number of methoxy groups -OCH3 is 1. The van der Waals surface area contributed by atoms with Gasteiger partial charge in [0, 0.05) is 22.8 Å². The van der Waals surface area contributed by atoms with E-state index in [2.05, 4.69) is 0 Å². The van der Waals surface area contributed by atoms with Crippen LogP contribution >= 0.6 is 0 Å². The second-order valence-electron chi connectivity index (χ2n) is 5.82. The number of hydrogen-bond donors (Lipinski definition) is 0. The number of allylic oxidation sites excluding steroid dienone is 1. The molecule has 0 aromatic heterocycles. The smallest absolute Gasteiger partial charge is 0.272 e. The molecule has 2 aromatic carbocycles. The van der Waals surface area contributed by atoms with Crippen molar-refractivity contribution in [2.45, 2.75) is 19.8 Å². The summed E-state index contributed by atoms with van der Waals surface area (Å²) in [6, 6.07) is 10.5. The zero-order chi connectivity index (χ0) is 17.3. The summed E-state index contributed by atoms with van der Waals surface area (Å²) in [5.41, 5.74) is 3.67. The molecule has 5 heteroatoms. The summed E-state index contributed by atoms with van der Waals surface area (Å²) in [5, 5.41) is 11.1. The van der Waals surface area contributed by atoms with Crippen LogP contribution in [0.15, 0.2) is 42.0 Å². The fraction of sp³-hybridized carbons (Fsp3) is 0.211. The number of ketones is 1. The molecule has 0 atom stereocenters. The lowest BCUT2D eigenvalue weighted by molar-refractivity contribution is -0.385. The molecule has 0 saturated carbocycles. The Balaban J connectivity index is 1.96. The van der Waals surface area contributed by atoms with E-state index in [1.165, 1.54) is 6.07 Å².